The van der Waals surface area contributed by atoms with Crippen molar-refractivity contribution in [2.45, 2.75) is 19.8 Å². The van der Waals surface area contributed by atoms with E-state index >= 15 is 0 Å². The van der Waals surface area contributed by atoms with E-state index < -0.39 is 0 Å². The molecule has 0 spiro atoms. The third-order valence-corrected chi connectivity index (χ3v) is 2.45. The highest BCUT2D eigenvalue weighted by atomic mass is 15.0. The summed E-state index contributed by atoms with van der Waals surface area (Å²) in [4.78, 5) is 8.92. The lowest BCUT2D eigenvalue weighted by molar-refractivity contribution is 0.826. The van der Waals surface area contributed by atoms with Gasteiger partial charge in [0.1, 0.15) is 5.82 Å². The minimum absolute atomic E-state index is 0.420. The number of nitrogens with zero attached hydrogens (tertiary/aromatic N) is 2. The Labute approximate surface area is 89.6 Å². The fourth-order valence-corrected chi connectivity index (χ4v) is 1.58. The minimum Gasteiger partial charge on any atom is -0.373 e. The van der Waals surface area contributed by atoms with E-state index in [0.717, 1.165) is 22.4 Å². The second-order valence-corrected chi connectivity index (χ2v) is 3.87. The van der Waals surface area contributed by atoms with Crippen molar-refractivity contribution in [3.63, 3.8) is 0 Å². The third kappa shape index (κ3) is 1.77. The van der Waals surface area contributed by atoms with E-state index in [-0.39, 0.29) is 0 Å². The Morgan fingerprint density at radius 2 is 2.13 bits per heavy atom. The summed E-state index contributed by atoms with van der Waals surface area (Å²) in [5, 5.41) is 4.19. The zero-order valence-electron chi connectivity index (χ0n) is 9.28. The monoisotopic (exact) mass is 201 g/mol. The van der Waals surface area contributed by atoms with Gasteiger partial charge in [-0.25, -0.2) is 4.98 Å². The molecule has 0 unspecified atom stereocenters. The molecule has 78 valence electrons. The maximum atomic E-state index is 4.57. The molecule has 1 N–H and O–H groups in total. The molecule has 0 radical (unpaired) electrons. The van der Waals surface area contributed by atoms with Gasteiger partial charge in [-0.2, -0.15) is 0 Å². The van der Waals surface area contributed by atoms with E-state index in [1.165, 1.54) is 0 Å². The molecule has 0 saturated heterocycles. The van der Waals surface area contributed by atoms with Crippen molar-refractivity contribution in [2.75, 3.05) is 12.4 Å². The third-order valence-electron chi connectivity index (χ3n) is 2.45. The highest BCUT2D eigenvalue weighted by molar-refractivity contribution is 5.89. The molecule has 0 aromatic carbocycles. The van der Waals surface area contributed by atoms with E-state index in [1.54, 1.807) is 0 Å². The van der Waals surface area contributed by atoms with Gasteiger partial charge in [0.25, 0.3) is 0 Å². The number of hydrogen-bond donors (Lipinski definition) is 1. The van der Waals surface area contributed by atoms with Crippen molar-refractivity contribution in [1.82, 2.24) is 9.97 Å². The zero-order valence-corrected chi connectivity index (χ0v) is 9.28. The summed E-state index contributed by atoms with van der Waals surface area (Å²) in [7, 11) is 1.89. The van der Waals surface area contributed by atoms with Crippen LogP contribution < -0.4 is 5.32 Å². The van der Waals surface area contributed by atoms with Crippen molar-refractivity contribution in [1.29, 1.82) is 0 Å². The molecule has 0 saturated carbocycles. The first-order valence-corrected chi connectivity index (χ1v) is 5.16. The molecule has 15 heavy (non-hydrogen) atoms. The summed E-state index contributed by atoms with van der Waals surface area (Å²) in [6.07, 6.45) is 1.81. The van der Waals surface area contributed by atoms with Crippen LogP contribution in [0.5, 0.6) is 0 Å². The standard InChI is InChI=1S/C12H15N3/c1-8(2)10-7-11-9(5-4-6-14-11)12(13-3)15-10/h4-8H,1-3H3,(H,13,15). The quantitative estimate of drug-likeness (QED) is 0.811. The topological polar surface area (TPSA) is 37.8 Å². The average molecular weight is 201 g/mol. The van der Waals surface area contributed by atoms with Gasteiger partial charge in [-0.15, -0.1) is 0 Å². The fraction of sp³-hybridized carbons (Fsp3) is 0.333. The van der Waals surface area contributed by atoms with Crippen LogP contribution in [0.1, 0.15) is 25.5 Å². The highest BCUT2D eigenvalue weighted by Gasteiger charge is 2.07. The van der Waals surface area contributed by atoms with Crippen LogP contribution >= 0.6 is 0 Å². The second-order valence-electron chi connectivity index (χ2n) is 3.87. The lowest BCUT2D eigenvalue weighted by atomic mass is 10.1. The SMILES string of the molecule is CNc1nc(C(C)C)cc2ncccc12. The van der Waals surface area contributed by atoms with Crippen molar-refractivity contribution >= 4 is 16.7 Å². The minimum atomic E-state index is 0.420. The molecule has 0 bridgehead atoms. The lowest BCUT2D eigenvalue weighted by Gasteiger charge is -2.10. The molecular weight excluding hydrogens is 186 g/mol. The number of pyridine rings is 2. The Bertz CT molecular complexity index is 477. The molecule has 0 aliphatic carbocycles. The van der Waals surface area contributed by atoms with Crippen LogP contribution in [0.3, 0.4) is 0 Å². The average Bonchev–Trinajstić information content (AvgIpc) is 2.27. The van der Waals surface area contributed by atoms with Gasteiger partial charge in [0, 0.05) is 24.3 Å². The zero-order chi connectivity index (χ0) is 10.8. The molecule has 2 aromatic heterocycles. The van der Waals surface area contributed by atoms with Crippen LogP contribution in [0.15, 0.2) is 24.4 Å². The Balaban J connectivity index is 2.71. The molecule has 0 amide bonds. The van der Waals surface area contributed by atoms with E-state index in [1.807, 2.05) is 25.4 Å². The molecule has 2 aromatic rings. The fourth-order valence-electron chi connectivity index (χ4n) is 1.58. The maximum absolute atomic E-state index is 4.57. The molecule has 2 rings (SSSR count). The van der Waals surface area contributed by atoms with Gasteiger partial charge < -0.3 is 5.32 Å². The van der Waals surface area contributed by atoms with Gasteiger partial charge in [-0.1, -0.05) is 13.8 Å². The molecular formula is C12H15N3. The van der Waals surface area contributed by atoms with Crippen molar-refractivity contribution in [3.8, 4) is 0 Å². The maximum Gasteiger partial charge on any atom is 0.135 e. The Kier molecular flexibility index (Phi) is 2.54. The number of hydrogen-bond acceptors (Lipinski definition) is 3. The van der Waals surface area contributed by atoms with Gasteiger partial charge >= 0.3 is 0 Å². The summed E-state index contributed by atoms with van der Waals surface area (Å²) in [5.74, 6) is 1.33. The van der Waals surface area contributed by atoms with Gasteiger partial charge in [0.15, 0.2) is 0 Å². The van der Waals surface area contributed by atoms with Crippen LogP contribution in [0.25, 0.3) is 10.9 Å². The van der Waals surface area contributed by atoms with E-state index in [2.05, 4.69) is 35.2 Å². The molecule has 3 heteroatoms. The molecule has 3 nitrogen and oxygen atoms in total. The van der Waals surface area contributed by atoms with Crippen LogP contribution in [0.2, 0.25) is 0 Å². The first-order chi connectivity index (χ1) is 7.22. The predicted molar refractivity (Wildman–Crippen MR) is 63.2 cm³/mol. The van der Waals surface area contributed by atoms with Crippen molar-refractivity contribution in [3.05, 3.63) is 30.1 Å². The first-order valence-electron chi connectivity index (χ1n) is 5.16. The van der Waals surface area contributed by atoms with Gasteiger partial charge in [-0.3, -0.25) is 4.98 Å². The highest BCUT2D eigenvalue weighted by Crippen LogP contribution is 2.23. The smallest absolute Gasteiger partial charge is 0.135 e. The Morgan fingerprint density at radius 3 is 2.80 bits per heavy atom. The van der Waals surface area contributed by atoms with E-state index in [4.69, 9.17) is 0 Å². The normalized spacial score (nSPS) is 10.9. The van der Waals surface area contributed by atoms with Crippen LogP contribution in [-0.2, 0) is 0 Å². The number of nitrogens with one attached hydrogen (secondary N) is 1. The number of fused-ring (bicyclic) bond motifs is 1. The molecule has 2 heterocycles. The summed E-state index contributed by atoms with van der Waals surface area (Å²) >= 11 is 0. The van der Waals surface area contributed by atoms with E-state index in [0.29, 0.717) is 5.92 Å². The predicted octanol–water partition coefficient (Wildman–Crippen LogP) is 2.79. The summed E-state index contributed by atoms with van der Waals surface area (Å²) in [5.41, 5.74) is 2.08. The number of anilines is 1. The Hall–Kier alpha value is -1.64. The van der Waals surface area contributed by atoms with Gasteiger partial charge in [0.2, 0.25) is 0 Å². The summed E-state index contributed by atoms with van der Waals surface area (Å²) in [6, 6.07) is 6.02. The van der Waals surface area contributed by atoms with Gasteiger partial charge in [0.05, 0.1) is 5.52 Å². The van der Waals surface area contributed by atoms with Crippen LogP contribution in [0.4, 0.5) is 5.82 Å². The van der Waals surface area contributed by atoms with Crippen LogP contribution in [-0.4, -0.2) is 17.0 Å². The summed E-state index contributed by atoms with van der Waals surface area (Å²) < 4.78 is 0. The largest absolute Gasteiger partial charge is 0.373 e. The molecule has 0 atom stereocenters. The molecule has 0 aliphatic heterocycles. The first kappa shape index (κ1) is 9.90. The number of rotatable bonds is 2. The van der Waals surface area contributed by atoms with E-state index in [9.17, 15) is 0 Å². The summed E-state index contributed by atoms with van der Waals surface area (Å²) in [6.45, 7) is 4.27. The second kappa shape index (κ2) is 3.85. The van der Waals surface area contributed by atoms with Gasteiger partial charge in [-0.05, 0) is 24.1 Å². The van der Waals surface area contributed by atoms with Crippen molar-refractivity contribution < 1.29 is 0 Å². The Morgan fingerprint density at radius 1 is 1.33 bits per heavy atom. The lowest BCUT2D eigenvalue weighted by Crippen LogP contribution is -2.00. The molecule has 0 aliphatic rings. The molecule has 0 fully saturated rings. The van der Waals surface area contributed by atoms with Crippen molar-refractivity contribution in [2.24, 2.45) is 0 Å². The van der Waals surface area contributed by atoms with Crippen LogP contribution in [0, 0.1) is 0 Å². The number of aromatic nitrogens is 2.